The van der Waals surface area contributed by atoms with Crippen molar-refractivity contribution < 1.29 is 9.13 Å². The average molecular weight is 487 g/mol. The molecule has 0 saturated carbocycles. The molecular formula is C19H27FIN5O. The molecule has 1 atom stereocenters. The molecule has 1 unspecified atom stereocenters. The topological polar surface area (TPSA) is 54.7 Å². The molecule has 27 heavy (non-hydrogen) atoms. The van der Waals surface area contributed by atoms with Crippen LogP contribution in [0.2, 0.25) is 0 Å². The van der Waals surface area contributed by atoms with Crippen molar-refractivity contribution in [1.82, 2.24) is 20.0 Å². The summed E-state index contributed by atoms with van der Waals surface area (Å²) in [6.07, 6.45) is 4.63. The van der Waals surface area contributed by atoms with Gasteiger partial charge in [-0.25, -0.2) is 4.39 Å². The van der Waals surface area contributed by atoms with Crippen LogP contribution in [-0.2, 0) is 18.2 Å². The molecule has 0 amide bonds. The quantitative estimate of drug-likeness (QED) is 0.401. The van der Waals surface area contributed by atoms with Gasteiger partial charge < -0.3 is 15.0 Å². The number of aliphatic imine (C=N–C) groups is 1. The van der Waals surface area contributed by atoms with Gasteiger partial charge in [-0.15, -0.1) is 24.0 Å². The van der Waals surface area contributed by atoms with Gasteiger partial charge in [-0.1, -0.05) is 12.1 Å². The first kappa shape index (κ1) is 21.6. The Balaban J connectivity index is 0.00000261. The van der Waals surface area contributed by atoms with Gasteiger partial charge in [-0.3, -0.25) is 9.67 Å². The number of ether oxygens (including phenoxy) is 1. The van der Waals surface area contributed by atoms with E-state index in [-0.39, 0.29) is 35.9 Å². The maximum Gasteiger partial charge on any atom is 0.194 e. The van der Waals surface area contributed by atoms with Gasteiger partial charge in [0.2, 0.25) is 0 Å². The average Bonchev–Trinajstić information content (AvgIpc) is 3.09. The zero-order valence-corrected chi connectivity index (χ0v) is 18.1. The number of rotatable bonds is 5. The van der Waals surface area contributed by atoms with Crippen LogP contribution in [0.5, 0.6) is 0 Å². The molecule has 1 aliphatic heterocycles. The molecule has 0 aliphatic carbocycles. The van der Waals surface area contributed by atoms with Crippen molar-refractivity contribution in [2.75, 3.05) is 32.8 Å². The van der Waals surface area contributed by atoms with Crippen molar-refractivity contribution in [3.05, 3.63) is 53.6 Å². The molecule has 2 aromatic rings. The van der Waals surface area contributed by atoms with Crippen LogP contribution in [-0.4, -0.2) is 53.4 Å². The zero-order valence-electron chi connectivity index (χ0n) is 15.8. The van der Waals surface area contributed by atoms with Crippen LogP contribution < -0.4 is 5.32 Å². The Hall–Kier alpha value is -1.68. The van der Waals surface area contributed by atoms with Crippen molar-refractivity contribution in [3.8, 4) is 0 Å². The summed E-state index contributed by atoms with van der Waals surface area (Å²) in [5.74, 6) is 0.687. The monoisotopic (exact) mass is 487 g/mol. The van der Waals surface area contributed by atoms with Crippen LogP contribution in [0.1, 0.15) is 24.2 Å². The summed E-state index contributed by atoms with van der Waals surface area (Å²) in [5, 5.41) is 7.60. The third-order valence-electron chi connectivity index (χ3n) is 4.37. The fraction of sp³-hybridized carbons (Fsp3) is 0.474. The van der Waals surface area contributed by atoms with Crippen LogP contribution in [0.25, 0.3) is 0 Å². The number of guanidine groups is 1. The Kier molecular flexibility index (Phi) is 8.49. The van der Waals surface area contributed by atoms with E-state index >= 15 is 0 Å². The predicted octanol–water partition coefficient (Wildman–Crippen LogP) is 2.76. The normalized spacial score (nSPS) is 17.5. The van der Waals surface area contributed by atoms with E-state index in [1.165, 1.54) is 12.1 Å². The molecule has 2 heterocycles. The van der Waals surface area contributed by atoms with Gasteiger partial charge in [0.25, 0.3) is 0 Å². The highest BCUT2D eigenvalue weighted by atomic mass is 127. The predicted molar refractivity (Wildman–Crippen MR) is 115 cm³/mol. The zero-order chi connectivity index (χ0) is 18.4. The Morgan fingerprint density at radius 1 is 1.37 bits per heavy atom. The van der Waals surface area contributed by atoms with E-state index in [1.807, 2.05) is 31.6 Å². The van der Waals surface area contributed by atoms with Crippen molar-refractivity contribution >= 4 is 29.9 Å². The lowest BCUT2D eigenvalue weighted by molar-refractivity contribution is -0.00803. The molecule has 1 N–H and O–H groups in total. The summed E-state index contributed by atoms with van der Waals surface area (Å²) in [6, 6.07) is 6.60. The number of benzene rings is 1. The number of hydrogen-bond acceptors (Lipinski definition) is 3. The molecule has 1 saturated heterocycles. The lowest BCUT2D eigenvalue weighted by atomic mass is 10.1. The van der Waals surface area contributed by atoms with Gasteiger partial charge in [0, 0.05) is 38.4 Å². The van der Waals surface area contributed by atoms with E-state index in [0.29, 0.717) is 13.2 Å². The van der Waals surface area contributed by atoms with Crippen molar-refractivity contribution in [2.24, 2.45) is 12.0 Å². The molecule has 0 radical (unpaired) electrons. The van der Waals surface area contributed by atoms with E-state index in [0.717, 1.165) is 43.1 Å². The molecule has 0 spiro atoms. The van der Waals surface area contributed by atoms with Gasteiger partial charge in [-0.05, 0) is 31.0 Å². The molecule has 3 rings (SSSR count). The molecule has 1 fully saturated rings. The number of hydrogen-bond donors (Lipinski definition) is 1. The van der Waals surface area contributed by atoms with Crippen LogP contribution in [0, 0.1) is 5.82 Å². The Labute approximate surface area is 176 Å². The third kappa shape index (κ3) is 6.17. The first-order valence-corrected chi connectivity index (χ1v) is 9.03. The first-order valence-electron chi connectivity index (χ1n) is 9.03. The summed E-state index contributed by atoms with van der Waals surface area (Å²) in [7, 11) is 1.91. The number of nitrogens with zero attached hydrogens (tertiary/aromatic N) is 4. The largest absolute Gasteiger partial charge is 0.370 e. The van der Waals surface area contributed by atoms with Crippen LogP contribution in [0.3, 0.4) is 0 Å². The number of halogens is 2. The fourth-order valence-corrected chi connectivity index (χ4v) is 3.02. The number of aryl methyl sites for hydroxylation is 1. The van der Waals surface area contributed by atoms with Crippen molar-refractivity contribution in [3.63, 3.8) is 0 Å². The van der Waals surface area contributed by atoms with Gasteiger partial charge in [0.1, 0.15) is 11.9 Å². The SMILES string of the molecule is CCNC(=NCCc1ccc(F)cc1)N1CCOC(c2cnn(C)c2)C1.I. The number of morpholine rings is 1. The maximum atomic E-state index is 13.0. The smallest absolute Gasteiger partial charge is 0.194 e. The van der Waals surface area contributed by atoms with Gasteiger partial charge in [0.15, 0.2) is 5.96 Å². The van der Waals surface area contributed by atoms with Crippen LogP contribution in [0.4, 0.5) is 4.39 Å². The summed E-state index contributed by atoms with van der Waals surface area (Å²) >= 11 is 0. The van der Waals surface area contributed by atoms with E-state index in [4.69, 9.17) is 9.73 Å². The van der Waals surface area contributed by atoms with Crippen molar-refractivity contribution in [1.29, 1.82) is 0 Å². The van der Waals surface area contributed by atoms with E-state index < -0.39 is 0 Å². The molecule has 1 aromatic heterocycles. The van der Waals surface area contributed by atoms with Gasteiger partial charge in [0.05, 0.1) is 19.3 Å². The Bertz CT molecular complexity index is 734. The molecule has 1 aliphatic rings. The van der Waals surface area contributed by atoms with Crippen LogP contribution in [0.15, 0.2) is 41.7 Å². The van der Waals surface area contributed by atoms with E-state index in [2.05, 4.69) is 22.2 Å². The fourth-order valence-electron chi connectivity index (χ4n) is 3.02. The second kappa shape index (κ2) is 10.6. The molecular weight excluding hydrogens is 460 g/mol. The highest BCUT2D eigenvalue weighted by molar-refractivity contribution is 14.0. The Morgan fingerprint density at radius 3 is 2.81 bits per heavy atom. The highest BCUT2D eigenvalue weighted by Crippen LogP contribution is 2.21. The second-order valence-electron chi connectivity index (χ2n) is 6.36. The summed E-state index contributed by atoms with van der Waals surface area (Å²) in [6.45, 7) is 5.73. The first-order chi connectivity index (χ1) is 12.7. The van der Waals surface area contributed by atoms with Gasteiger partial charge in [-0.2, -0.15) is 5.10 Å². The minimum atomic E-state index is -0.208. The molecule has 6 nitrogen and oxygen atoms in total. The molecule has 0 bridgehead atoms. The molecule has 8 heteroatoms. The third-order valence-corrected chi connectivity index (χ3v) is 4.37. The molecule has 148 valence electrons. The lowest BCUT2D eigenvalue weighted by Crippen LogP contribution is -2.48. The van der Waals surface area contributed by atoms with E-state index in [1.54, 1.807) is 4.68 Å². The second-order valence-corrected chi connectivity index (χ2v) is 6.36. The van der Waals surface area contributed by atoms with Crippen LogP contribution >= 0.6 is 24.0 Å². The summed E-state index contributed by atoms with van der Waals surface area (Å²) in [5.41, 5.74) is 2.17. The minimum absolute atomic E-state index is 0. The Morgan fingerprint density at radius 2 is 2.15 bits per heavy atom. The standard InChI is InChI=1S/C19H26FN5O.HI/c1-3-21-19(22-9-8-15-4-6-17(20)7-5-15)25-10-11-26-18(14-25)16-12-23-24(2)13-16;/h4-7,12-13,18H,3,8-11,14H2,1-2H3,(H,21,22);1H. The molecule has 1 aromatic carbocycles. The van der Waals surface area contributed by atoms with Crippen molar-refractivity contribution in [2.45, 2.75) is 19.4 Å². The highest BCUT2D eigenvalue weighted by Gasteiger charge is 2.25. The van der Waals surface area contributed by atoms with E-state index in [9.17, 15) is 4.39 Å². The van der Waals surface area contributed by atoms with Gasteiger partial charge >= 0.3 is 0 Å². The summed E-state index contributed by atoms with van der Waals surface area (Å²) in [4.78, 5) is 6.98. The number of aromatic nitrogens is 2. The lowest BCUT2D eigenvalue weighted by Gasteiger charge is -2.34. The number of nitrogens with one attached hydrogen (secondary N) is 1. The minimum Gasteiger partial charge on any atom is -0.370 e. The summed E-state index contributed by atoms with van der Waals surface area (Å²) < 4.78 is 20.7. The maximum absolute atomic E-state index is 13.0.